The standard InChI is InChI=1S/C21H25F2N7O/c1-27-10-13(9-24)14-6-15(17(25)7-16(14)22)20(26)18-8-19(29-12-28-18)30-4-2-21(23,11-31)3-5-30/h6-10,12,24,26-27,31H,2-5,11,25H2,1H3/p+1/b13-10+,24-9?,26-20?. The summed E-state index contributed by atoms with van der Waals surface area (Å²) in [5.41, 5.74) is 5.56. The Bertz CT molecular complexity index is 1020. The lowest BCUT2D eigenvalue weighted by Crippen LogP contribution is -2.72. The molecule has 0 amide bonds. The zero-order valence-corrected chi connectivity index (χ0v) is 17.2. The molecule has 0 atom stereocenters. The Balaban J connectivity index is 1.91. The number of nitrogens with one attached hydrogen (secondary N) is 2. The Kier molecular flexibility index (Phi) is 6.71. The molecule has 10 heteroatoms. The summed E-state index contributed by atoms with van der Waals surface area (Å²) in [7, 11) is 1.76. The van der Waals surface area contributed by atoms with Gasteiger partial charge in [-0.05, 0) is 12.1 Å². The Morgan fingerprint density at radius 1 is 1.29 bits per heavy atom. The molecule has 1 aliphatic heterocycles. The largest absolute Gasteiger partial charge is 0.398 e. The Labute approximate surface area is 178 Å². The minimum atomic E-state index is -1.58. The van der Waals surface area contributed by atoms with E-state index in [1.807, 2.05) is 4.90 Å². The van der Waals surface area contributed by atoms with E-state index in [4.69, 9.17) is 16.6 Å². The van der Waals surface area contributed by atoms with Crippen molar-refractivity contribution >= 4 is 29.0 Å². The minimum absolute atomic E-state index is 0.0144. The molecule has 2 aromatic rings. The van der Waals surface area contributed by atoms with Crippen molar-refractivity contribution in [2.75, 3.05) is 37.4 Å². The first-order valence-electron chi connectivity index (χ1n) is 9.87. The number of nitrogens with two attached hydrogens (primary N) is 2. The summed E-state index contributed by atoms with van der Waals surface area (Å²) in [6.07, 6.45) is 4.32. The maximum Gasteiger partial charge on any atom is 0.137 e. The lowest BCUT2D eigenvalue weighted by atomic mass is 9.94. The van der Waals surface area contributed by atoms with Gasteiger partial charge in [0.05, 0.1) is 30.6 Å². The number of anilines is 2. The van der Waals surface area contributed by atoms with E-state index in [1.165, 1.54) is 12.4 Å². The van der Waals surface area contributed by atoms with Gasteiger partial charge in [0.2, 0.25) is 0 Å². The van der Waals surface area contributed by atoms with Crippen LogP contribution >= 0.6 is 0 Å². The Morgan fingerprint density at radius 2 is 2.00 bits per heavy atom. The summed E-state index contributed by atoms with van der Waals surface area (Å²) < 4.78 is 28.7. The van der Waals surface area contributed by atoms with Crippen LogP contribution in [0.1, 0.15) is 29.7 Å². The van der Waals surface area contributed by atoms with Crippen LogP contribution < -0.4 is 16.0 Å². The number of nitrogens with zero attached hydrogens (tertiary/aromatic N) is 3. The number of aliphatic hydroxyl groups excluding tert-OH is 1. The number of aromatic nitrogens is 2. The molecule has 1 aromatic carbocycles. The number of hydrogen-bond donors (Lipinski definition) is 5. The van der Waals surface area contributed by atoms with Crippen LogP contribution in [0.3, 0.4) is 0 Å². The van der Waals surface area contributed by atoms with Gasteiger partial charge in [0.25, 0.3) is 0 Å². The first-order chi connectivity index (χ1) is 14.8. The first kappa shape index (κ1) is 22.4. The maximum atomic E-state index is 14.5. The average molecular weight is 430 g/mol. The quantitative estimate of drug-likeness (QED) is 0.331. The van der Waals surface area contributed by atoms with Crippen LogP contribution in [0.15, 0.2) is 30.7 Å². The summed E-state index contributed by atoms with van der Waals surface area (Å²) in [5.74, 6) is -0.0442. The van der Waals surface area contributed by atoms with Crippen molar-refractivity contribution in [1.82, 2.24) is 9.97 Å². The number of hydrogen-bond acceptors (Lipinski definition) is 7. The summed E-state index contributed by atoms with van der Waals surface area (Å²) in [6, 6.07) is 4.19. The monoisotopic (exact) mass is 430 g/mol. The highest BCUT2D eigenvalue weighted by atomic mass is 19.1. The van der Waals surface area contributed by atoms with Crippen LogP contribution in [0, 0.1) is 16.6 Å². The van der Waals surface area contributed by atoms with Crippen LogP contribution in [0.5, 0.6) is 0 Å². The molecule has 1 fully saturated rings. The fourth-order valence-corrected chi connectivity index (χ4v) is 3.51. The zero-order valence-electron chi connectivity index (χ0n) is 17.2. The van der Waals surface area contributed by atoms with Crippen LogP contribution in [0.2, 0.25) is 0 Å². The number of quaternary nitrogens is 1. The molecule has 1 aromatic heterocycles. The number of piperidine rings is 1. The number of benzene rings is 1. The van der Waals surface area contributed by atoms with Crippen molar-refractivity contribution in [3.8, 4) is 0 Å². The molecule has 1 aliphatic rings. The maximum absolute atomic E-state index is 14.5. The molecule has 7 N–H and O–H groups in total. The molecule has 0 aliphatic carbocycles. The average Bonchev–Trinajstić information content (AvgIpc) is 2.78. The van der Waals surface area contributed by atoms with Gasteiger partial charge in [0.15, 0.2) is 0 Å². The summed E-state index contributed by atoms with van der Waals surface area (Å²) in [4.78, 5) is 10.3. The number of nitrogen functional groups attached to an aromatic ring is 1. The van der Waals surface area contributed by atoms with Gasteiger partial charge in [-0.1, -0.05) is 0 Å². The second kappa shape index (κ2) is 9.27. The van der Waals surface area contributed by atoms with Gasteiger partial charge in [-0.25, -0.2) is 18.7 Å². The minimum Gasteiger partial charge on any atom is -0.398 e. The van der Waals surface area contributed by atoms with E-state index in [0.717, 1.165) is 12.3 Å². The van der Waals surface area contributed by atoms with E-state index in [-0.39, 0.29) is 41.1 Å². The van der Waals surface area contributed by atoms with Gasteiger partial charge in [-0.3, -0.25) is 5.41 Å². The molecule has 0 radical (unpaired) electrons. The fraction of sp³-hybridized carbons (Fsp3) is 0.333. The molecular weight excluding hydrogens is 404 g/mol. The molecule has 164 valence electrons. The topological polar surface area (TPSA) is 140 Å². The lowest BCUT2D eigenvalue weighted by molar-refractivity contribution is -0.555. The van der Waals surface area contributed by atoms with Gasteiger partial charge in [-0.15, -0.1) is 0 Å². The van der Waals surface area contributed by atoms with Gasteiger partial charge in [-0.2, -0.15) is 0 Å². The van der Waals surface area contributed by atoms with Crippen LogP contribution in [0.4, 0.5) is 20.3 Å². The van der Waals surface area contributed by atoms with E-state index in [0.29, 0.717) is 24.5 Å². The fourth-order valence-electron chi connectivity index (χ4n) is 3.51. The molecule has 3 rings (SSSR count). The highest BCUT2D eigenvalue weighted by Gasteiger charge is 2.34. The molecule has 0 bridgehead atoms. The third-order valence-corrected chi connectivity index (χ3v) is 5.40. The normalized spacial score (nSPS) is 16.3. The highest BCUT2D eigenvalue weighted by molar-refractivity contribution is 6.15. The van der Waals surface area contributed by atoms with Crippen molar-refractivity contribution < 1.29 is 19.2 Å². The molecule has 0 saturated carbocycles. The van der Waals surface area contributed by atoms with Crippen LogP contribution in [0.25, 0.3) is 5.57 Å². The number of halogens is 2. The SMILES string of the molecule is C[NH2+]/C=C(\C=N)c1cc(C(=N)c2cc(N3CCC(F)(CO)CC3)ncn2)c(N)cc1F. The predicted octanol–water partition coefficient (Wildman–Crippen LogP) is 1.10. The summed E-state index contributed by atoms with van der Waals surface area (Å²) in [6.45, 7) is 0.254. The molecule has 2 heterocycles. The van der Waals surface area contributed by atoms with E-state index in [1.54, 1.807) is 24.6 Å². The predicted molar refractivity (Wildman–Crippen MR) is 116 cm³/mol. The van der Waals surface area contributed by atoms with E-state index < -0.39 is 18.1 Å². The van der Waals surface area contributed by atoms with Crippen molar-refractivity contribution in [2.24, 2.45) is 0 Å². The van der Waals surface area contributed by atoms with Gasteiger partial charge >= 0.3 is 0 Å². The van der Waals surface area contributed by atoms with E-state index in [9.17, 15) is 13.9 Å². The van der Waals surface area contributed by atoms with Gasteiger partial charge in [0.1, 0.15) is 29.8 Å². The second-order valence-corrected chi connectivity index (χ2v) is 7.45. The molecule has 31 heavy (non-hydrogen) atoms. The van der Waals surface area contributed by atoms with Crippen molar-refractivity contribution in [1.29, 1.82) is 10.8 Å². The van der Waals surface area contributed by atoms with E-state index >= 15 is 0 Å². The number of allylic oxidation sites excluding steroid dienone is 1. The Hall–Kier alpha value is -3.24. The molecule has 1 saturated heterocycles. The smallest absolute Gasteiger partial charge is 0.137 e. The third-order valence-electron chi connectivity index (χ3n) is 5.40. The summed E-state index contributed by atoms with van der Waals surface area (Å²) in [5, 5.41) is 27.0. The molecule has 8 nitrogen and oxygen atoms in total. The first-order valence-corrected chi connectivity index (χ1v) is 9.87. The van der Waals surface area contributed by atoms with Crippen molar-refractivity contribution in [3.05, 3.63) is 53.4 Å². The Morgan fingerprint density at radius 3 is 2.61 bits per heavy atom. The highest BCUT2D eigenvalue weighted by Crippen LogP contribution is 2.29. The number of aliphatic hydroxyl groups is 1. The third kappa shape index (κ3) is 4.75. The molecule has 0 spiro atoms. The van der Waals surface area contributed by atoms with Crippen LogP contribution in [-0.4, -0.2) is 59.4 Å². The van der Waals surface area contributed by atoms with Crippen molar-refractivity contribution in [2.45, 2.75) is 18.5 Å². The summed E-state index contributed by atoms with van der Waals surface area (Å²) >= 11 is 0. The van der Waals surface area contributed by atoms with Crippen molar-refractivity contribution in [3.63, 3.8) is 0 Å². The van der Waals surface area contributed by atoms with E-state index in [2.05, 4.69) is 9.97 Å². The lowest BCUT2D eigenvalue weighted by Gasteiger charge is -2.35. The molecular formula is C21H26F2N7O+. The second-order valence-electron chi connectivity index (χ2n) is 7.45. The zero-order chi connectivity index (χ0) is 22.6. The van der Waals surface area contributed by atoms with Gasteiger partial charge in [0, 0.05) is 55.0 Å². The molecule has 0 unspecified atom stereocenters. The van der Waals surface area contributed by atoms with Crippen LogP contribution in [-0.2, 0) is 0 Å². The number of alkyl halides is 1. The number of rotatable bonds is 7. The van der Waals surface area contributed by atoms with Gasteiger partial charge < -0.3 is 26.5 Å².